The molecule has 3 rings (SSSR count). The Morgan fingerprint density at radius 2 is 1.94 bits per heavy atom. The van der Waals surface area contributed by atoms with Crippen LogP contribution in [0.2, 0.25) is 0 Å². The van der Waals surface area contributed by atoms with Crippen molar-refractivity contribution < 1.29 is 9.47 Å². The van der Waals surface area contributed by atoms with E-state index < -0.39 is 0 Å². The van der Waals surface area contributed by atoms with Crippen LogP contribution in [0.3, 0.4) is 0 Å². The van der Waals surface area contributed by atoms with Gasteiger partial charge in [0.1, 0.15) is 0 Å². The lowest BCUT2D eigenvalue weighted by atomic mass is 10.1. The van der Waals surface area contributed by atoms with Gasteiger partial charge >= 0.3 is 0 Å². The van der Waals surface area contributed by atoms with E-state index in [1.165, 1.54) is 12.0 Å². The summed E-state index contributed by atoms with van der Waals surface area (Å²) in [5.74, 6) is 1.77. The zero-order chi connectivity index (χ0) is 12.6. The van der Waals surface area contributed by atoms with Gasteiger partial charge in [-0.1, -0.05) is 19.9 Å². The smallest absolute Gasteiger partial charge is 0.161 e. The van der Waals surface area contributed by atoms with Crippen LogP contribution in [-0.2, 0) is 6.54 Å². The first kappa shape index (κ1) is 11.8. The summed E-state index contributed by atoms with van der Waals surface area (Å²) in [5, 5.41) is 3.59. The van der Waals surface area contributed by atoms with E-state index in [0.717, 1.165) is 37.7 Å². The minimum atomic E-state index is 0.477. The molecule has 0 amide bonds. The highest BCUT2D eigenvalue weighted by atomic mass is 16.5. The van der Waals surface area contributed by atoms with Crippen LogP contribution in [0.1, 0.15) is 32.3 Å². The topological polar surface area (TPSA) is 30.5 Å². The highest BCUT2D eigenvalue weighted by molar-refractivity contribution is 5.43. The van der Waals surface area contributed by atoms with E-state index in [1.807, 2.05) is 6.07 Å². The Labute approximate surface area is 108 Å². The second-order valence-corrected chi connectivity index (χ2v) is 5.96. The fraction of sp³-hybridized carbons (Fsp3) is 0.600. The quantitative estimate of drug-likeness (QED) is 0.891. The van der Waals surface area contributed by atoms with Gasteiger partial charge in [0.15, 0.2) is 11.5 Å². The molecule has 1 N–H and O–H groups in total. The van der Waals surface area contributed by atoms with Gasteiger partial charge in [-0.05, 0) is 29.5 Å². The summed E-state index contributed by atoms with van der Waals surface area (Å²) in [5.41, 5.74) is 1.74. The molecule has 3 nitrogen and oxygen atoms in total. The Morgan fingerprint density at radius 1 is 1.22 bits per heavy atom. The van der Waals surface area contributed by atoms with Crippen LogP contribution in [-0.4, -0.2) is 19.3 Å². The van der Waals surface area contributed by atoms with Crippen LogP contribution >= 0.6 is 0 Å². The molecule has 2 aliphatic rings. The lowest BCUT2D eigenvalue weighted by Crippen LogP contribution is -2.19. The molecular formula is C15H21NO2. The van der Waals surface area contributed by atoms with Crippen molar-refractivity contribution >= 4 is 0 Å². The number of ether oxygens (including phenoxy) is 2. The highest BCUT2D eigenvalue weighted by Crippen LogP contribution is 2.44. The first-order valence-electron chi connectivity index (χ1n) is 6.77. The number of hydrogen-bond acceptors (Lipinski definition) is 3. The van der Waals surface area contributed by atoms with Crippen molar-refractivity contribution in [1.29, 1.82) is 0 Å². The van der Waals surface area contributed by atoms with E-state index in [0.29, 0.717) is 11.5 Å². The molecule has 18 heavy (non-hydrogen) atoms. The van der Waals surface area contributed by atoms with Gasteiger partial charge in [-0.3, -0.25) is 0 Å². The van der Waals surface area contributed by atoms with E-state index in [9.17, 15) is 0 Å². The zero-order valence-corrected chi connectivity index (χ0v) is 11.2. The van der Waals surface area contributed by atoms with Crippen molar-refractivity contribution in [3.63, 3.8) is 0 Å². The molecule has 1 aliphatic carbocycles. The van der Waals surface area contributed by atoms with Gasteiger partial charge in [-0.2, -0.15) is 0 Å². The van der Waals surface area contributed by atoms with Crippen molar-refractivity contribution in [2.45, 2.75) is 39.3 Å². The molecule has 1 saturated carbocycles. The van der Waals surface area contributed by atoms with Crippen molar-refractivity contribution in [3.05, 3.63) is 23.8 Å². The van der Waals surface area contributed by atoms with Gasteiger partial charge in [0.2, 0.25) is 0 Å². The molecule has 0 radical (unpaired) electrons. The summed E-state index contributed by atoms with van der Waals surface area (Å²) >= 11 is 0. The second-order valence-electron chi connectivity index (χ2n) is 5.96. The number of benzene rings is 1. The Bertz CT molecular complexity index is 442. The summed E-state index contributed by atoms with van der Waals surface area (Å²) in [6.45, 7) is 7.02. The summed E-state index contributed by atoms with van der Waals surface area (Å²) in [4.78, 5) is 0. The number of rotatable bonds is 3. The van der Waals surface area contributed by atoms with E-state index in [1.54, 1.807) is 0 Å². The molecule has 0 saturated heterocycles. The fourth-order valence-electron chi connectivity index (χ4n) is 2.37. The van der Waals surface area contributed by atoms with E-state index >= 15 is 0 Å². The molecular weight excluding hydrogens is 226 g/mol. The minimum absolute atomic E-state index is 0.477. The summed E-state index contributed by atoms with van der Waals surface area (Å²) in [6, 6.07) is 6.91. The number of nitrogens with one attached hydrogen (secondary N) is 1. The van der Waals surface area contributed by atoms with Gasteiger partial charge in [0, 0.05) is 19.0 Å². The molecule has 0 aromatic heterocycles. The molecule has 1 fully saturated rings. The Balaban J connectivity index is 1.64. The van der Waals surface area contributed by atoms with E-state index in [-0.39, 0.29) is 0 Å². The maximum atomic E-state index is 5.70. The lowest BCUT2D eigenvalue weighted by molar-refractivity contribution is 0.297. The SMILES string of the molecule is CC1(C)CC1NCc1ccc2c(c1)OCCCO2. The molecule has 1 aromatic carbocycles. The highest BCUT2D eigenvalue weighted by Gasteiger charge is 2.44. The van der Waals surface area contributed by atoms with Crippen molar-refractivity contribution in [3.8, 4) is 11.5 Å². The van der Waals surface area contributed by atoms with Crippen LogP contribution < -0.4 is 14.8 Å². The summed E-state index contributed by atoms with van der Waals surface area (Å²) < 4.78 is 11.3. The standard InChI is InChI=1S/C15H21NO2/c1-15(2)9-14(15)16-10-11-4-5-12-13(8-11)18-7-3-6-17-12/h4-5,8,14,16H,3,6-7,9-10H2,1-2H3. The van der Waals surface area contributed by atoms with Crippen molar-refractivity contribution in [1.82, 2.24) is 5.32 Å². The van der Waals surface area contributed by atoms with Crippen LogP contribution in [0.15, 0.2) is 18.2 Å². The maximum Gasteiger partial charge on any atom is 0.161 e. The summed E-state index contributed by atoms with van der Waals surface area (Å²) in [7, 11) is 0. The molecule has 0 bridgehead atoms. The van der Waals surface area contributed by atoms with Gasteiger partial charge in [0.05, 0.1) is 13.2 Å². The lowest BCUT2D eigenvalue weighted by Gasteiger charge is -2.10. The zero-order valence-electron chi connectivity index (χ0n) is 11.2. The first-order chi connectivity index (χ1) is 8.65. The Morgan fingerprint density at radius 3 is 2.67 bits per heavy atom. The van der Waals surface area contributed by atoms with Gasteiger partial charge in [0.25, 0.3) is 0 Å². The molecule has 1 heterocycles. The normalized spacial score (nSPS) is 24.4. The first-order valence-corrected chi connectivity index (χ1v) is 6.77. The van der Waals surface area contributed by atoms with E-state index in [4.69, 9.17) is 9.47 Å². The molecule has 1 atom stereocenters. The van der Waals surface area contributed by atoms with Gasteiger partial charge < -0.3 is 14.8 Å². The third-order valence-corrected chi connectivity index (χ3v) is 3.88. The van der Waals surface area contributed by atoms with Crippen LogP contribution in [0.5, 0.6) is 11.5 Å². The fourth-order valence-corrected chi connectivity index (χ4v) is 2.37. The average Bonchev–Trinajstić information content (AvgIpc) is 3.02. The molecule has 98 valence electrons. The average molecular weight is 247 g/mol. The van der Waals surface area contributed by atoms with Gasteiger partial charge in [-0.15, -0.1) is 0 Å². The largest absolute Gasteiger partial charge is 0.490 e. The predicted octanol–water partition coefficient (Wildman–Crippen LogP) is 2.74. The molecule has 1 aromatic rings. The second kappa shape index (κ2) is 4.47. The molecule has 1 aliphatic heterocycles. The molecule has 3 heteroatoms. The predicted molar refractivity (Wildman–Crippen MR) is 71.1 cm³/mol. The van der Waals surface area contributed by atoms with E-state index in [2.05, 4.69) is 31.3 Å². The monoisotopic (exact) mass is 247 g/mol. The van der Waals surface area contributed by atoms with Crippen LogP contribution in [0.25, 0.3) is 0 Å². The Hall–Kier alpha value is -1.22. The minimum Gasteiger partial charge on any atom is -0.490 e. The number of fused-ring (bicyclic) bond motifs is 1. The number of hydrogen-bond donors (Lipinski definition) is 1. The molecule has 0 spiro atoms. The van der Waals surface area contributed by atoms with Crippen LogP contribution in [0.4, 0.5) is 0 Å². The molecule has 1 unspecified atom stereocenters. The Kier molecular flexibility index (Phi) is 2.94. The maximum absolute atomic E-state index is 5.70. The third kappa shape index (κ3) is 2.46. The third-order valence-electron chi connectivity index (χ3n) is 3.88. The van der Waals surface area contributed by atoms with Crippen molar-refractivity contribution in [2.24, 2.45) is 5.41 Å². The van der Waals surface area contributed by atoms with Crippen molar-refractivity contribution in [2.75, 3.05) is 13.2 Å². The summed E-state index contributed by atoms with van der Waals surface area (Å²) in [6.07, 6.45) is 2.23. The van der Waals surface area contributed by atoms with Crippen LogP contribution in [0, 0.1) is 5.41 Å². The van der Waals surface area contributed by atoms with Gasteiger partial charge in [-0.25, -0.2) is 0 Å².